The van der Waals surface area contributed by atoms with E-state index in [1.54, 1.807) is 12.1 Å². The van der Waals surface area contributed by atoms with Crippen LogP contribution >= 0.6 is 11.8 Å². The van der Waals surface area contributed by atoms with Crippen LogP contribution in [0.2, 0.25) is 0 Å². The highest BCUT2D eigenvalue weighted by Gasteiger charge is 2.24. The number of aromatic amines is 1. The van der Waals surface area contributed by atoms with Crippen LogP contribution in [0.4, 0.5) is 5.82 Å². The molecule has 0 fully saturated rings. The minimum Gasteiger partial charge on any atom is -0.467 e. The Hall–Kier alpha value is -3.41. The number of carbonyl (C=O) groups excluding carboxylic acids is 3. The summed E-state index contributed by atoms with van der Waals surface area (Å²) in [6, 6.07) is 4.33. The SMILES string of the molecule is O=C(CSC1=NC(=O)C(=O)N1)Nc1cc(=O)[nH]c(=O)n1Cc1ccco1. The Morgan fingerprint density at radius 1 is 1.31 bits per heavy atom. The third-order valence-electron chi connectivity index (χ3n) is 3.15. The molecule has 0 saturated heterocycles. The number of amides is 3. The van der Waals surface area contributed by atoms with Gasteiger partial charge in [0, 0.05) is 6.07 Å². The van der Waals surface area contributed by atoms with Crippen molar-refractivity contribution in [3.63, 3.8) is 0 Å². The van der Waals surface area contributed by atoms with Crippen LogP contribution in [0.15, 0.2) is 43.5 Å². The van der Waals surface area contributed by atoms with Gasteiger partial charge in [0.05, 0.1) is 18.6 Å². The fourth-order valence-corrected chi connectivity index (χ4v) is 2.69. The maximum absolute atomic E-state index is 12.1. The maximum Gasteiger partial charge on any atom is 0.337 e. The normalized spacial score (nSPS) is 13.5. The van der Waals surface area contributed by atoms with Crippen LogP contribution in [-0.4, -0.2) is 38.2 Å². The number of carbonyl (C=O) groups is 3. The molecule has 1 aliphatic rings. The fourth-order valence-electron chi connectivity index (χ4n) is 2.04. The quantitative estimate of drug-likeness (QED) is 0.556. The second kappa shape index (κ2) is 7.23. The summed E-state index contributed by atoms with van der Waals surface area (Å²) in [6.45, 7) is 0.00262. The van der Waals surface area contributed by atoms with Crippen molar-refractivity contribution < 1.29 is 18.8 Å². The third kappa shape index (κ3) is 3.97. The van der Waals surface area contributed by atoms with Gasteiger partial charge in [0.25, 0.3) is 5.56 Å². The number of H-pyrrole nitrogens is 1. The monoisotopic (exact) mass is 377 g/mol. The predicted octanol–water partition coefficient (Wildman–Crippen LogP) is -1.14. The highest BCUT2D eigenvalue weighted by molar-refractivity contribution is 8.14. The van der Waals surface area contributed by atoms with Gasteiger partial charge in [0.1, 0.15) is 11.6 Å². The first-order valence-corrected chi connectivity index (χ1v) is 8.14. The molecule has 3 heterocycles. The molecule has 2 aromatic rings. The van der Waals surface area contributed by atoms with Crippen molar-refractivity contribution in [2.24, 2.45) is 4.99 Å². The van der Waals surface area contributed by atoms with Gasteiger partial charge in [-0.15, -0.1) is 0 Å². The van der Waals surface area contributed by atoms with Gasteiger partial charge in [-0.05, 0) is 12.1 Å². The maximum atomic E-state index is 12.1. The number of aliphatic imine (C=N–C) groups is 1. The van der Waals surface area contributed by atoms with Gasteiger partial charge in [0.2, 0.25) is 5.91 Å². The molecule has 2 aromatic heterocycles. The minimum absolute atomic E-state index is 0.00262. The van der Waals surface area contributed by atoms with Crippen molar-refractivity contribution in [2.75, 3.05) is 11.1 Å². The van der Waals surface area contributed by atoms with Crippen molar-refractivity contribution in [2.45, 2.75) is 6.54 Å². The molecule has 0 aromatic carbocycles. The molecule has 11 nitrogen and oxygen atoms in total. The minimum atomic E-state index is -0.935. The number of rotatable bonds is 5. The second-order valence-corrected chi connectivity index (χ2v) is 5.97. The topological polar surface area (TPSA) is 156 Å². The zero-order chi connectivity index (χ0) is 18.7. The summed E-state index contributed by atoms with van der Waals surface area (Å²) in [5.41, 5.74) is -1.39. The van der Waals surface area contributed by atoms with E-state index in [0.29, 0.717) is 5.76 Å². The average molecular weight is 377 g/mol. The van der Waals surface area contributed by atoms with E-state index in [4.69, 9.17) is 4.42 Å². The van der Waals surface area contributed by atoms with Crippen molar-refractivity contribution in [3.8, 4) is 0 Å². The molecule has 0 saturated carbocycles. The van der Waals surface area contributed by atoms with Crippen molar-refractivity contribution in [1.29, 1.82) is 0 Å². The van der Waals surface area contributed by atoms with Crippen LogP contribution in [0.5, 0.6) is 0 Å². The number of hydrogen-bond acceptors (Lipinski definition) is 7. The molecule has 134 valence electrons. The summed E-state index contributed by atoms with van der Waals surface area (Å²) < 4.78 is 6.29. The Balaban J connectivity index is 1.72. The first kappa shape index (κ1) is 17.4. The lowest BCUT2D eigenvalue weighted by Gasteiger charge is -2.11. The lowest BCUT2D eigenvalue weighted by atomic mass is 10.4. The van der Waals surface area contributed by atoms with Crippen LogP contribution in [0, 0.1) is 0 Å². The lowest BCUT2D eigenvalue weighted by Crippen LogP contribution is -2.33. The number of thioether (sulfide) groups is 1. The van der Waals surface area contributed by atoms with Gasteiger partial charge in [-0.3, -0.25) is 34.0 Å². The summed E-state index contributed by atoms with van der Waals surface area (Å²) in [5.74, 6) is -2.14. The first-order chi connectivity index (χ1) is 12.4. The van der Waals surface area contributed by atoms with Gasteiger partial charge in [-0.1, -0.05) is 11.8 Å². The molecule has 12 heteroatoms. The molecule has 1 aliphatic heterocycles. The average Bonchev–Trinajstić information content (AvgIpc) is 3.19. The van der Waals surface area contributed by atoms with Crippen LogP contribution in [0.25, 0.3) is 0 Å². The Morgan fingerprint density at radius 3 is 2.77 bits per heavy atom. The largest absolute Gasteiger partial charge is 0.467 e. The van der Waals surface area contributed by atoms with Gasteiger partial charge in [-0.25, -0.2) is 4.79 Å². The molecule has 3 N–H and O–H groups in total. The van der Waals surface area contributed by atoms with E-state index in [0.717, 1.165) is 22.4 Å². The number of aromatic nitrogens is 2. The number of furan rings is 1. The van der Waals surface area contributed by atoms with E-state index in [1.807, 2.05) is 0 Å². The fraction of sp³-hybridized carbons (Fsp3) is 0.143. The molecule has 3 rings (SSSR count). The Kier molecular flexibility index (Phi) is 4.84. The highest BCUT2D eigenvalue weighted by Crippen LogP contribution is 2.10. The zero-order valence-electron chi connectivity index (χ0n) is 13.0. The van der Waals surface area contributed by atoms with E-state index < -0.39 is 29.0 Å². The first-order valence-electron chi connectivity index (χ1n) is 7.15. The number of amidine groups is 1. The second-order valence-electron chi connectivity index (χ2n) is 5.00. The number of nitrogens with zero attached hydrogens (tertiary/aromatic N) is 2. The van der Waals surface area contributed by atoms with Crippen molar-refractivity contribution in [1.82, 2.24) is 14.9 Å². The van der Waals surface area contributed by atoms with E-state index >= 15 is 0 Å². The van der Waals surface area contributed by atoms with Gasteiger partial charge in [-0.2, -0.15) is 4.99 Å². The Labute approximate surface area is 148 Å². The molecule has 0 atom stereocenters. The third-order valence-corrected chi connectivity index (χ3v) is 4.03. The smallest absolute Gasteiger partial charge is 0.337 e. The number of hydrogen-bond donors (Lipinski definition) is 3. The standard InChI is InChI=1S/C14H11N5O6S/c20-9-4-8(19(14(24)16-9)5-7-2-1-3-25-7)15-10(21)6-26-13-17-11(22)12(23)18-13/h1-4H,5-6H2,(H,15,21)(H,16,20,24)(H,17,18,22,23). The van der Waals surface area contributed by atoms with Crippen LogP contribution in [0.3, 0.4) is 0 Å². The molecule has 0 radical (unpaired) electrons. The summed E-state index contributed by atoms with van der Waals surface area (Å²) in [5, 5.41) is 4.65. The van der Waals surface area contributed by atoms with E-state index in [9.17, 15) is 24.0 Å². The van der Waals surface area contributed by atoms with Crippen molar-refractivity contribution in [3.05, 3.63) is 51.1 Å². The molecular weight excluding hydrogens is 366 g/mol. The summed E-state index contributed by atoms with van der Waals surface area (Å²) in [7, 11) is 0. The highest BCUT2D eigenvalue weighted by atomic mass is 32.2. The molecular formula is C14H11N5O6S. The van der Waals surface area contributed by atoms with E-state index in [-0.39, 0.29) is 23.3 Å². The summed E-state index contributed by atoms with van der Waals surface area (Å²) >= 11 is 0.832. The lowest BCUT2D eigenvalue weighted by molar-refractivity contribution is -0.135. The van der Waals surface area contributed by atoms with Crippen LogP contribution in [-0.2, 0) is 20.9 Å². The van der Waals surface area contributed by atoms with Crippen molar-refractivity contribution >= 4 is 40.5 Å². The van der Waals surface area contributed by atoms with Gasteiger partial charge in [0.15, 0.2) is 5.17 Å². The molecule has 0 spiro atoms. The van der Waals surface area contributed by atoms with Gasteiger partial charge < -0.3 is 9.73 Å². The van der Waals surface area contributed by atoms with E-state index in [1.165, 1.54) is 6.26 Å². The van der Waals surface area contributed by atoms with Crippen LogP contribution in [0.1, 0.15) is 5.76 Å². The molecule has 0 bridgehead atoms. The van der Waals surface area contributed by atoms with Crippen LogP contribution < -0.4 is 21.9 Å². The molecule has 0 aliphatic carbocycles. The summed E-state index contributed by atoms with van der Waals surface area (Å²) in [6.07, 6.45) is 1.43. The molecule has 26 heavy (non-hydrogen) atoms. The summed E-state index contributed by atoms with van der Waals surface area (Å²) in [4.78, 5) is 63.2. The molecule has 3 amide bonds. The number of anilines is 1. The van der Waals surface area contributed by atoms with Gasteiger partial charge >= 0.3 is 17.5 Å². The van der Waals surface area contributed by atoms with E-state index in [2.05, 4.69) is 20.6 Å². The number of nitrogens with one attached hydrogen (secondary N) is 3. The molecule has 0 unspecified atom stereocenters. The zero-order valence-corrected chi connectivity index (χ0v) is 13.8. The Morgan fingerprint density at radius 2 is 2.12 bits per heavy atom. The Bertz CT molecular complexity index is 1020. The predicted molar refractivity (Wildman–Crippen MR) is 90.8 cm³/mol.